The number of hydrogen-bond donors (Lipinski definition) is 1. The Labute approximate surface area is 118 Å². The third-order valence-electron chi connectivity index (χ3n) is 3.12. The van der Waals surface area contributed by atoms with Crippen molar-refractivity contribution in [1.29, 1.82) is 0 Å². The minimum absolute atomic E-state index is 0.449. The van der Waals surface area contributed by atoms with Crippen molar-refractivity contribution in [2.24, 2.45) is 0 Å². The molecule has 1 aromatic carbocycles. The second kappa shape index (κ2) is 7.24. The molecule has 0 aliphatic rings. The summed E-state index contributed by atoms with van der Waals surface area (Å²) >= 11 is 0. The van der Waals surface area contributed by atoms with E-state index >= 15 is 0 Å². The normalized spacial score (nSPS) is 12.4. The SMILES string of the molecule is O=C(O)C(CCC=Cc1cccnc1)c1ccccc1. The zero-order valence-corrected chi connectivity index (χ0v) is 11.1. The summed E-state index contributed by atoms with van der Waals surface area (Å²) in [6, 6.07) is 13.2. The van der Waals surface area contributed by atoms with Gasteiger partial charge in [0.15, 0.2) is 0 Å². The average molecular weight is 267 g/mol. The highest BCUT2D eigenvalue weighted by molar-refractivity contribution is 5.76. The second-order valence-electron chi connectivity index (χ2n) is 4.57. The lowest BCUT2D eigenvalue weighted by Crippen LogP contribution is -2.11. The number of rotatable bonds is 6. The lowest BCUT2D eigenvalue weighted by molar-refractivity contribution is -0.138. The van der Waals surface area contributed by atoms with Gasteiger partial charge in [-0.15, -0.1) is 0 Å². The minimum atomic E-state index is -0.772. The van der Waals surface area contributed by atoms with Crippen LogP contribution in [0.15, 0.2) is 60.9 Å². The number of carbonyl (C=O) groups is 1. The maximum absolute atomic E-state index is 11.3. The van der Waals surface area contributed by atoms with E-state index in [4.69, 9.17) is 0 Å². The van der Waals surface area contributed by atoms with Crippen LogP contribution in [0.4, 0.5) is 0 Å². The van der Waals surface area contributed by atoms with E-state index in [1.54, 1.807) is 12.4 Å². The van der Waals surface area contributed by atoms with Gasteiger partial charge in [-0.1, -0.05) is 48.6 Å². The number of aliphatic carboxylic acids is 1. The smallest absolute Gasteiger partial charge is 0.310 e. The fraction of sp³-hybridized carbons (Fsp3) is 0.176. The van der Waals surface area contributed by atoms with Crippen LogP contribution in [0, 0.1) is 0 Å². The molecule has 102 valence electrons. The first-order valence-corrected chi connectivity index (χ1v) is 6.61. The first kappa shape index (κ1) is 14.0. The van der Waals surface area contributed by atoms with Crippen LogP contribution in [0.5, 0.6) is 0 Å². The number of nitrogens with zero attached hydrogens (tertiary/aromatic N) is 1. The third kappa shape index (κ3) is 4.05. The van der Waals surface area contributed by atoms with E-state index in [2.05, 4.69) is 4.98 Å². The van der Waals surface area contributed by atoms with Gasteiger partial charge in [0.1, 0.15) is 0 Å². The van der Waals surface area contributed by atoms with Gasteiger partial charge in [0, 0.05) is 12.4 Å². The van der Waals surface area contributed by atoms with Crippen LogP contribution in [0.1, 0.15) is 29.9 Å². The first-order chi connectivity index (χ1) is 9.77. The Kier molecular flexibility index (Phi) is 5.07. The van der Waals surface area contributed by atoms with E-state index in [-0.39, 0.29) is 0 Å². The van der Waals surface area contributed by atoms with E-state index in [1.165, 1.54) is 0 Å². The summed E-state index contributed by atoms with van der Waals surface area (Å²) in [6.45, 7) is 0. The maximum atomic E-state index is 11.3. The van der Waals surface area contributed by atoms with Crippen molar-refractivity contribution in [3.8, 4) is 0 Å². The van der Waals surface area contributed by atoms with Gasteiger partial charge in [0.25, 0.3) is 0 Å². The Morgan fingerprint density at radius 2 is 2.00 bits per heavy atom. The fourth-order valence-electron chi connectivity index (χ4n) is 2.07. The largest absolute Gasteiger partial charge is 0.481 e. The number of pyridine rings is 1. The van der Waals surface area contributed by atoms with Crippen molar-refractivity contribution < 1.29 is 9.90 Å². The molecule has 0 fully saturated rings. The summed E-state index contributed by atoms with van der Waals surface area (Å²) in [4.78, 5) is 15.4. The Balaban J connectivity index is 1.94. The number of aromatic nitrogens is 1. The summed E-state index contributed by atoms with van der Waals surface area (Å²) in [6.07, 6.45) is 8.79. The molecule has 2 aromatic rings. The molecular formula is C17H17NO2. The van der Waals surface area contributed by atoms with Gasteiger partial charge in [-0.05, 0) is 30.0 Å². The molecule has 20 heavy (non-hydrogen) atoms. The molecule has 3 nitrogen and oxygen atoms in total. The lowest BCUT2D eigenvalue weighted by atomic mass is 9.94. The molecule has 0 aliphatic carbocycles. The highest BCUT2D eigenvalue weighted by atomic mass is 16.4. The van der Waals surface area contributed by atoms with Gasteiger partial charge in [-0.2, -0.15) is 0 Å². The summed E-state index contributed by atoms with van der Waals surface area (Å²) in [7, 11) is 0. The van der Waals surface area contributed by atoms with Crippen LogP contribution in [-0.2, 0) is 4.79 Å². The van der Waals surface area contributed by atoms with E-state index in [0.717, 1.165) is 17.5 Å². The van der Waals surface area contributed by atoms with Gasteiger partial charge < -0.3 is 5.11 Å². The van der Waals surface area contributed by atoms with Gasteiger partial charge in [0.2, 0.25) is 0 Å². The molecule has 0 spiro atoms. The number of carboxylic acids is 1. The standard InChI is InChI=1S/C17H17NO2/c19-17(20)16(15-9-2-1-3-10-15)11-5-4-7-14-8-6-12-18-13-14/h1-4,6-10,12-13,16H,5,11H2,(H,19,20). The third-order valence-corrected chi connectivity index (χ3v) is 3.12. The molecule has 1 unspecified atom stereocenters. The van der Waals surface area contributed by atoms with Gasteiger partial charge in [-0.25, -0.2) is 0 Å². The van der Waals surface area contributed by atoms with Crippen LogP contribution in [0.25, 0.3) is 6.08 Å². The van der Waals surface area contributed by atoms with E-state index in [0.29, 0.717) is 6.42 Å². The summed E-state index contributed by atoms with van der Waals surface area (Å²) in [5, 5.41) is 9.31. The molecule has 0 amide bonds. The highest BCUT2D eigenvalue weighted by Crippen LogP contribution is 2.21. The minimum Gasteiger partial charge on any atom is -0.481 e. The first-order valence-electron chi connectivity index (χ1n) is 6.61. The molecule has 2 rings (SSSR count). The van der Waals surface area contributed by atoms with Crippen LogP contribution in [0.3, 0.4) is 0 Å². The fourth-order valence-corrected chi connectivity index (χ4v) is 2.07. The number of hydrogen-bond acceptors (Lipinski definition) is 2. The molecule has 1 N–H and O–H groups in total. The molecule has 0 bridgehead atoms. The molecule has 1 aromatic heterocycles. The molecule has 1 heterocycles. The predicted molar refractivity (Wildman–Crippen MR) is 79.3 cm³/mol. The van der Waals surface area contributed by atoms with Gasteiger partial charge >= 0.3 is 5.97 Å². The van der Waals surface area contributed by atoms with Crippen molar-refractivity contribution in [3.05, 3.63) is 72.1 Å². The molecule has 0 saturated carbocycles. The van der Waals surface area contributed by atoms with E-state index in [9.17, 15) is 9.90 Å². The summed E-state index contributed by atoms with van der Waals surface area (Å²) in [5.74, 6) is -1.22. The highest BCUT2D eigenvalue weighted by Gasteiger charge is 2.18. The van der Waals surface area contributed by atoms with Crippen LogP contribution < -0.4 is 0 Å². The van der Waals surface area contributed by atoms with Crippen LogP contribution >= 0.6 is 0 Å². The Morgan fingerprint density at radius 3 is 2.65 bits per heavy atom. The number of benzene rings is 1. The van der Waals surface area contributed by atoms with Gasteiger partial charge in [-0.3, -0.25) is 9.78 Å². The Morgan fingerprint density at radius 1 is 1.20 bits per heavy atom. The molecule has 0 radical (unpaired) electrons. The van der Waals surface area contributed by atoms with Crippen molar-refractivity contribution in [2.75, 3.05) is 0 Å². The second-order valence-corrected chi connectivity index (χ2v) is 4.57. The molecule has 3 heteroatoms. The van der Waals surface area contributed by atoms with Crippen molar-refractivity contribution in [2.45, 2.75) is 18.8 Å². The molecule has 1 atom stereocenters. The van der Waals surface area contributed by atoms with Crippen molar-refractivity contribution in [1.82, 2.24) is 4.98 Å². The van der Waals surface area contributed by atoms with Crippen LogP contribution in [-0.4, -0.2) is 16.1 Å². The van der Waals surface area contributed by atoms with Gasteiger partial charge in [0.05, 0.1) is 5.92 Å². The van der Waals surface area contributed by atoms with E-state index in [1.807, 2.05) is 54.6 Å². The lowest BCUT2D eigenvalue weighted by Gasteiger charge is -2.11. The average Bonchev–Trinajstić information content (AvgIpc) is 2.49. The number of carboxylic acid groups (broad SMARTS) is 1. The maximum Gasteiger partial charge on any atom is 0.310 e. The van der Waals surface area contributed by atoms with Crippen molar-refractivity contribution in [3.63, 3.8) is 0 Å². The summed E-state index contributed by atoms with van der Waals surface area (Å²) < 4.78 is 0. The monoisotopic (exact) mass is 267 g/mol. The number of allylic oxidation sites excluding steroid dienone is 1. The zero-order valence-electron chi connectivity index (χ0n) is 11.1. The molecule has 0 saturated heterocycles. The molecule has 0 aliphatic heterocycles. The summed E-state index contributed by atoms with van der Waals surface area (Å²) in [5.41, 5.74) is 1.88. The molecular weight excluding hydrogens is 250 g/mol. The topological polar surface area (TPSA) is 50.2 Å². The Bertz CT molecular complexity index is 564. The zero-order chi connectivity index (χ0) is 14.2. The quantitative estimate of drug-likeness (QED) is 0.867. The van der Waals surface area contributed by atoms with E-state index < -0.39 is 11.9 Å². The van der Waals surface area contributed by atoms with Crippen molar-refractivity contribution >= 4 is 12.0 Å². The predicted octanol–water partition coefficient (Wildman–Crippen LogP) is 3.74. The van der Waals surface area contributed by atoms with Crippen LogP contribution in [0.2, 0.25) is 0 Å². The Hall–Kier alpha value is -2.42.